The van der Waals surface area contributed by atoms with Crippen molar-refractivity contribution < 1.29 is 24.2 Å². The first-order valence-corrected chi connectivity index (χ1v) is 31.8. The molecule has 0 aromatic heterocycles. The van der Waals surface area contributed by atoms with Gasteiger partial charge in [-0.25, -0.2) is 0 Å². The monoisotopic (exact) mass is 1030 g/mol. The van der Waals surface area contributed by atoms with E-state index < -0.39 is 6.10 Å². The Hall–Kier alpha value is -3.18. The molecule has 1 atom stereocenters. The van der Waals surface area contributed by atoms with Gasteiger partial charge in [0.2, 0.25) is 0 Å². The van der Waals surface area contributed by atoms with E-state index in [0.717, 1.165) is 83.5 Å². The summed E-state index contributed by atoms with van der Waals surface area (Å²) in [6, 6.07) is 0. The average molecular weight is 1030 g/mol. The van der Waals surface area contributed by atoms with E-state index in [4.69, 9.17) is 9.47 Å². The number of ether oxygens (including phenoxy) is 2. The minimum absolute atomic E-state index is 0.0670. The number of esters is 2. The second kappa shape index (κ2) is 64.1. The Morgan fingerprint density at radius 3 is 0.878 bits per heavy atom. The van der Waals surface area contributed by atoms with Crippen LogP contribution in [0.3, 0.4) is 0 Å². The van der Waals surface area contributed by atoms with Crippen LogP contribution < -0.4 is 0 Å². The van der Waals surface area contributed by atoms with Gasteiger partial charge in [-0.2, -0.15) is 0 Å². The van der Waals surface area contributed by atoms with Crippen LogP contribution in [0.15, 0.2) is 97.2 Å². The van der Waals surface area contributed by atoms with Gasteiger partial charge in [0.15, 0.2) is 6.10 Å². The van der Waals surface area contributed by atoms with E-state index in [1.165, 1.54) is 199 Å². The topological polar surface area (TPSA) is 72.8 Å². The highest BCUT2D eigenvalue weighted by atomic mass is 16.6. The van der Waals surface area contributed by atoms with Crippen LogP contribution in [-0.4, -0.2) is 36.4 Å². The molecule has 0 aliphatic carbocycles. The molecule has 0 rings (SSSR count). The fraction of sp³-hybridized carbons (Fsp3) is 0.739. The number of carbonyl (C=O) groups is 2. The Labute approximate surface area is 459 Å². The highest BCUT2D eigenvalue weighted by molar-refractivity contribution is 5.70. The predicted octanol–water partition coefficient (Wildman–Crippen LogP) is 21.9. The molecule has 0 aromatic carbocycles. The fourth-order valence-corrected chi connectivity index (χ4v) is 9.12. The first-order chi connectivity index (χ1) is 36.6. The third kappa shape index (κ3) is 61.4. The van der Waals surface area contributed by atoms with Gasteiger partial charge in [-0.1, -0.05) is 297 Å². The van der Waals surface area contributed by atoms with E-state index in [0.29, 0.717) is 12.8 Å². The lowest BCUT2D eigenvalue weighted by atomic mass is 10.0. The van der Waals surface area contributed by atoms with Crippen molar-refractivity contribution in [3.8, 4) is 0 Å². The Morgan fingerprint density at radius 2 is 0.581 bits per heavy atom. The van der Waals surface area contributed by atoms with E-state index in [1.54, 1.807) is 0 Å². The molecule has 0 amide bonds. The highest BCUT2D eigenvalue weighted by Crippen LogP contribution is 2.17. The molecule has 0 aliphatic rings. The number of hydrogen-bond acceptors (Lipinski definition) is 5. The summed E-state index contributed by atoms with van der Waals surface area (Å²) in [4.78, 5) is 24.6. The van der Waals surface area contributed by atoms with Crippen molar-refractivity contribution in [1.29, 1.82) is 0 Å². The third-order valence-corrected chi connectivity index (χ3v) is 13.9. The summed E-state index contributed by atoms with van der Waals surface area (Å²) < 4.78 is 10.7. The van der Waals surface area contributed by atoms with Crippen molar-refractivity contribution >= 4 is 11.9 Å². The Morgan fingerprint density at radius 1 is 0.324 bits per heavy atom. The summed E-state index contributed by atoms with van der Waals surface area (Å²) in [6.07, 6.45) is 91.2. The summed E-state index contributed by atoms with van der Waals surface area (Å²) in [5, 5.41) is 9.68. The van der Waals surface area contributed by atoms with Gasteiger partial charge >= 0.3 is 11.9 Å². The van der Waals surface area contributed by atoms with Gasteiger partial charge in [-0.05, 0) is 96.3 Å². The number of unbranched alkanes of at least 4 members (excludes halogenated alkanes) is 34. The lowest BCUT2D eigenvalue weighted by Gasteiger charge is -2.15. The lowest BCUT2D eigenvalue weighted by Crippen LogP contribution is -2.28. The van der Waals surface area contributed by atoms with E-state index >= 15 is 0 Å². The first-order valence-electron chi connectivity index (χ1n) is 31.8. The highest BCUT2D eigenvalue weighted by Gasteiger charge is 2.16. The third-order valence-electron chi connectivity index (χ3n) is 13.9. The van der Waals surface area contributed by atoms with Gasteiger partial charge in [-0.15, -0.1) is 0 Å². The summed E-state index contributed by atoms with van der Waals surface area (Å²) >= 11 is 0. The molecule has 0 aliphatic heterocycles. The first kappa shape index (κ1) is 70.8. The molecule has 5 nitrogen and oxygen atoms in total. The van der Waals surface area contributed by atoms with Crippen LogP contribution in [0, 0.1) is 0 Å². The molecule has 74 heavy (non-hydrogen) atoms. The van der Waals surface area contributed by atoms with Crippen molar-refractivity contribution in [3.05, 3.63) is 97.2 Å². The van der Waals surface area contributed by atoms with Gasteiger partial charge < -0.3 is 14.6 Å². The molecule has 0 radical (unpaired) electrons. The van der Waals surface area contributed by atoms with Gasteiger partial charge in [0.05, 0.1) is 6.61 Å². The maximum atomic E-state index is 12.3. The summed E-state index contributed by atoms with van der Waals surface area (Å²) in [6.45, 7) is 4.04. The number of aliphatic hydroxyl groups is 1. The molecular weight excluding hydrogens is 909 g/mol. The summed E-state index contributed by atoms with van der Waals surface area (Å²) in [7, 11) is 0. The molecule has 1 N–H and O–H groups in total. The molecule has 0 spiro atoms. The largest absolute Gasteiger partial charge is 0.462 e. The molecule has 0 saturated carbocycles. The molecular formula is C69H120O5. The molecule has 0 fully saturated rings. The van der Waals surface area contributed by atoms with Crippen LogP contribution in [0.2, 0.25) is 0 Å². The van der Waals surface area contributed by atoms with Crippen LogP contribution in [0.25, 0.3) is 0 Å². The SMILES string of the molecule is CC/C=C\C/C=C\C/C=C\C/C=C\C/C=C\C/C=C\CCCCCCCCCCCCCCCCCCCCC(=O)OC(CO)COC(=O)CCCCCCCCCCCCC/C=C\C/C=C\CCCCCCC. The van der Waals surface area contributed by atoms with Crippen molar-refractivity contribution in [2.24, 2.45) is 0 Å². The number of allylic oxidation sites excluding steroid dienone is 16. The van der Waals surface area contributed by atoms with E-state index in [-0.39, 0.29) is 25.2 Å². The average Bonchev–Trinajstić information content (AvgIpc) is 3.40. The van der Waals surface area contributed by atoms with Crippen LogP contribution in [0.5, 0.6) is 0 Å². The minimum Gasteiger partial charge on any atom is -0.462 e. The normalized spacial score (nSPS) is 12.9. The quantitative estimate of drug-likeness (QED) is 0.0373. The van der Waals surface area contributed by atoms with Gasteiger partial charge in [0.1, 0.15) is 6.61 Å². The van der Waals surface area contributed by atoms with E-state index in [9.17, 15) is 14.7 Å². The van der Waals surface area contributed by atoms with Crippen LogP contribution >= 0.6 is 0 Å². The zero-order chi connectivity index (χ0) is 53.4. The Balaban J connectivity index is 3.46. The summed E-state index contributed by atoms with van der Waals surface area (Å²) in [5.74, 6) is -0.583. The maximum Gasteiger partial charge on any atom is 0.306 e. The van der Waals surface area contributed by atoms with Crippen LogP contribution in [0.4, 0.5) is 0 Å². The van der Waals surface area contributed by atoms with Gasteiger partial charge in [-0.3, -0.25) is 9.59 Å². The number of carbonyl (C=O) groups excluding carboxylic acids is 2. The molecule has 426 valence electrons. The molecule has 0 bridgehead atoms. The second-order valence-corrected chi connectivity index (χ2v) is 21.1. The molecule has 5 heteroatoms. The maximum absolute atomic E-state index is 12.3. The number of rotatable bonds is 58. The smallest absolute Gasteiger partial charge is 0.306 e. The van der Waals surface area contributed by atoms with Crippen molar-refractivity contribution in [2.45, 2.75) is 315 Å². The minimum atomic E-state index is -0.777. The standard InChI is InChI=1S/C69H120O5/c1-3-5-7-9-11-13-15-17-19-21-23-25-27-28-29-30-31-32-33-34-35-36-37-38-39-40-42-44-46-48-50-52-54-56-58-60-62-64-69(72)74-67(65-70)66-73-68(71)63-61-59-57-55-53-51-49-47-45-43-41-26-24-22-20-18-16-14-12-10-8-6-4-2/h5,7,11,13,16-19,22-25,28-29,31-32,67,70H,3-4,6,8-10,12,14-15,20-21,26-27,30,33-66H2,1-2H3/b7-5-,13-11-,18-16-,19-17-,24-22-,25-23-,29-28-,32-31-. The number of hydrogen-bond donors (Lipinski definition) is 1. The lowest BCUT2D eigenvalue weighted by molar-refractivity contribution is -0.161. The molecule has 0 saturated heterocycles. The Bertz CT molecular complexity index is 1400. The van der Waals surface area contributed by atoms with Crippen LogP contribution in [0.1, 0.15) is 309 Å². The zero-order valence-corrected chi connectivity index (χ0v) is 48.8. The Kier molecular flexibility index (Phi) is 61.4. The van der Waals surface area contributed by atoms with E-state index in [2.05, 4.69) is 111 Å². The molecule has 0 aromatic rings. The van der Waals surface area contributed by atoms with Crippen molar-refractivity contribution in [2.75, 3.05) is 13.2 Å². The van der Waals surface area contributed by atoms with E-state index in [1.807, 2.05) is 0 Å². The zero-order valence-electron chi connectivity index (χ0n) is 48.8. The van der Waals surface area contributed by atoms with Gasteiger partial charge in [0.25, 0.3) is 0 Å². The fourth-order valence-electron chi connectivity index (χ4n) is 9.12. The van der Waals surface area contributed by atoms with Gasteiger partial charge in [0, 0.05) is 12.8 Å². The van der Waals surface area contributed by atoms with Crippen LogP contribution in [-0.2, 0) is 19.1 Å². The van der Waals surface area contributed by atoms with Crippen molar-refractivity contribution in [3.63, 3.8) is 0 Å². The van der Waals surface area contributed by atoms with Crippen molar-refractivity contribution in [1.82, 2.24) is 0 Å². The predicted molar refractivity (Wildman–Crippen MR) is 325 cm³/mol. The summed E-state index contributed by atoms with van der Waals surface area (Å²) in [5.41, 5.74) is 0. The molecule has 1 unspecified atom stereocenters. The number of aliphatic hydroxyl groups excluding tert-OH is 1. The second-order valence-electron chi connectivity index (χ2n) is 21.1. The molecule has 0 heterocycles.